The monoisotopic (exact) mass is 405 g/mol. The molecule has 0 saturated carbocycles. The highest BCUT2D eigenvalue weighted by molar-refractivity contribution is 9.10. The van der Waals surface area contributed by atoms with Crippen LogP contribution in [0.2, 0.25) is 0 Å². The van der Waals surface area contributed by atoms with Crippen molar-refractivity contribution in [1.29, 1.82) is 0 Å². The molecule has 2 aromatic heterocycles. The Hall–Kier alpha value is -1.99. The average Bonchev–Trinajstić information content (AvgIpc) is 3.01. The predicted molar refractivity (Wildman–Crippen MR) is 101 cm³/mol. The van der Waals surface area contributed by atoms with Crippen molar-refractivity contribution >= 4 is 49.1 Å². The van der Waals surface area contributed by atoms with Crippen molar-refractivity contribution in [1.82, 2.24) is 9.55 Å². The lowest BCUT2D eigenvalue weighted by molar-refractivity contribution is -0.116. The topological polar surface area (TPSA) is 64.0 Å². The first-order chi connectivity index (χ1) is 11.6. The molecule has 0 unspecified atom stereocenters. The van der Waals surface area contributed by atoms with Gasteiger partial charge in [-0.2, -0.15) is 0 Å². The molecule has 7 heteroatoms. The van der Waals surface area contributed by atoms with Gasteiger partial charge in [0.05, 0.1) is 11.7 Å². The summed E-state index contributed by atoms with van der Waals surface area (Å²) >= 11 is 4.89. The van der Waals surface area contributed by atoms with Crippen molar-refractivity contribution in [2.45, 2.75) is 26.3 Å². The van der Waals surface area contributed by atoms with E-state index in [4.69, 9.17) is 0 Å². The number of aromatic nitrogens is 2. The first-order valence-electron chi connectivity index (χ1n) is 7.60. The van der Waals surface area contributed by atoms with Crippen LogP contribution in [0.5, 0.6) is 0 Å². The Labute approximate surface area is 151 Å². The molecule has 3 aromatic rings. The number of rotatable bonds is 5. The normalized spacial score (nSPS) is 10.9. The van der Waals surface area contributed by atoms with E-state index in [0.29, 0.717) is 11.9 Å². The molecule has 3 rings (SSSR count). The number of amides is 1. The van der Waals surface area contributed by atoms with Crippen LogP contribution in [-0.2, 0) is 17.8 Å². The van der Waals surface area contributed by atoms with Crippen LogP contribution >= 0.6 is 27.3 Å². The van der Waals surface area contributed by atoms with Crippen LogP contribution in [0.4, 0.5) is 5.69 Å². The third-order valence-corrected chi connectivity index (χ3v) is 5.34. The SMILES string of the molecule is CCc1cc2c(=O)n(CCC(=O)Nc3ccc(Br)cc3)cnc2s1. The summed E-state index contributed by atoms with van der Waals surface area (Å²) in [4.78, 5) is 30.7. The summed E-state index contributed by atoms with van der Waals surface area (Å²) in [5, 5.41) is 3.45. The average molecular weight is 406 g/mol. The molecule has 1 aromatic carbocycles. The Balaban J connectivity index is 1.68. The van der Waals surface area contributed by atoms with Crippen molar-refractivity contribution < 1.29 is 4.79 Å². The Bertz CT molecular complexity index is 931. The van der Waals surface area contributed by atoms with Gasteiger partial charge in [-0.3, -0.25) is 14.2 Å². The van der Waals surface area contributed by atoms with Crippen molar-refractivity contribution in [3.63, 3.8) is 0 Å². The molecule has 0 spiro atoms. The molecule has 1 amide bonds. The number of anilines is 1. The Morgan fingerprint density at radius 1 is 1.33 bits per heavy atom. The maximum Gasteiger partial charge on any atom is 0.262 e. The number of hydrogen-bond acceptors (Lipinski definition) is 4. The molecule has 0 radical (unpaired) electrons. The van der Waals surface area contributed by atoms with E-state index in [0.717, 1.165) is 26.3 Å². The maximum atomic E-state index is 12.5. The molecule has 124 valence electrons. The predicted octanol–water partition coefficient (Wildman–Crippen LogP) is 3.81. The lowest BCUT2D eigenvalue weighted by Crippen LogP contribution is -2.23. The molecule has 2 heterocycles. The van der Waals surface area contributed by atoms with E-state index < -0.39 is 0 Å². The number of halogens is 1. The van der Waals surface area contributed by atoms with E-state index >= 15 is 0 Å². The molecule has 24 heavy (non-hydrogen) atoms. The minimum Gasteiger partial charge on any atom is -0.326 e. The van der Waals surface area contributed by atoms with Gasteiger partial charge in [0.15, 0.2) is 0 Å². The minimum atomic E-state index is -0.135. The highest BCUT2D eigenvalue weighted by Crippen LogP contribution is 2.21. The molecule has 0 atom stereocenters. The number of aryl methyl sites for hydroxylation is 2. The molecule has 0 aliphatic heterocycles. The lowest BCUT2D eigenvalue weighted by atomic mass is 10.3. The van der Waals surface area contributed by atoms with Crippen LogP contribution in [0, 0.1) is 0 Å². The van der Waals surface area contributed by atoms with Crippen molar-refractivity contribution in [2.24, 2.45) is 0 Å². The van der Waals surface area contributed by atoms with Crippen LogP contribution in [-0.4, -0.2) is 15.5 Å². The summed E-state index contributed by atoms with van der Waals surface area (Å²) in [6.45, 7) is 2.36. The summed E-state index contributed by atoms with van der Waals surface area (Å²) in [5.41, 5.74) is 0.641. The minimum absolute atomic E-state index is 0.0904. The molecule has 5 nitrogen and oxygen atoms in total. The van der Waals surface area contributed by atoms with Crippen LogP contribution in [0.1, 0.15) is 18.2 Å². The Kier molecular flexibility index (Phi) is 5.11. The van der Waals surface area contributed by atoms with E-state index in [-0.39, 0.29) is 17.9 Å². The van der Waals surface area contributed by atoms with Gasteiger partial charge in [-0.15, -0.1) is 11.3 Å². The largest absolute Gasteiger partial charge is 0.326 e. The quantitative estimate of drug-likeness (QED) is 0.701. The van der Waals surface area contributed by atoms with Gasteiger partial charge in [-0.1, -0.05) is 22.9 Å². The second kappa shape index (κ2) is 7.27. The van der Waals surface area contributed by atoms with Gasteiger partial charge in [-0.25, -0.2) is 4.98 Å². The number of fused-ring (bicyclic) bond motifs is 1. The molecular formula is C17H16BrN3O2S. The maximum absolute atomic E-state index is 12.5. The number of nitrogens with zero attached hydrogens (tertiary/aromatic N) is 2. The molecule has 0 fully saturated rings. The van der Waals surface area contributed by atoms with Gasteiger partial charge in [0, 0.05) is 28.0 Å². The molecule has 0 aliphatic rings. The Morgan fingerprint density at radius 2 is 2.08 bits per heavy atom. The standard InChI is InChI=1S/C17H16BrN3O2S/c1-2-13-9-14-16(24-13)19-10-21(17(14)23)8-7-15(22)20-12-5-3-11(18)4-6-12/h3-6,9-10H,2,7-8H2,1H3,(H,20,22). The first-order valence-corrected chi connectivity index (χ1v) is 9.21. The number of carbonyl (C=O) groups excluding carboxylic acids is 1. The summed E-state index contributed by atoms with van der Waals surface area (Å²) in [6, 6.07) is 9.26. The van der Waals surface area contributed by atoms with Crippen LogP contribution in [0.25, 0.3) is 10.2 Å². The molecule has 1 N–H and O–H groups in total. The smallest absolute Gasteiger partial charge is 0.262 e. The zero-order valence-corrected chi connectivity index (χ0v) is 15.5. The fraction of sp³-hybridized carbons (Fsp3) is 0.235. The number of carbonyl (C=O) groups is 1. The second-order valence-electron chi connectivity index (χ2n) is 5.33. The zero-order valence-electron chi connectivity index (χ0n) is 13.1. The highest BCUT2D eigenvalue weighted by Gasteiger charge is 2.09. The van der Waals surface area contributed by atoms with Gasteiger partial charge in [0.25, 0.3) is 5.56 Å². The fourth-order valence-corrected chi connectivity index (χ4v) is 3.51. The highest BCUT2D eigenvalue weighted by atomic mass is 79.9. The van der Waals surface area contributed by atoms with Crippen molar-refractivity contribution in [3.8, 4) is 0 Å². The van der Waals surface area contributed by atoms with E-state index in [9.17, 15) is 9.59 Å². The van der Waals surface area contributed by atoms with E-state index in [1.807, 2.05) is 30.3 Å². The second-order valence-corrected chi connectivity index (χ2v) is 7.36. The first kappa shape index (κ1) is 16.9. The zero-order chi connectivity index (χ0) is 17.1. The van der Waals surface area contributed by atoms with E-state index in [1.54, 1.807) is 0 Å². The van der Waals surface area contributed by atoms with Gasteiger partial charge in [-0.05, 0) is 36.8 Å². The molecule has 0 bridgehead atoms. The van der Waals surface area contributed by atoms with Gasteiger partial charge in [0.1, 0.15) is 4.83 Å². The van der Waals surface area contributed by atoms with Gasteiger partial charge >= 0.3 is 0 Å². The summed E-state index contributed by atoms with van der Waals surface area (Å²) < 4.78 is 2.45. The van der Waals surface area contributed by atoms with Crippen molar-refractivity contribution in [3.05, 3.63) is 56.4 Å². The van der Waals surface area contributed by atoms with E-state index in [1.165, 1.54) is 22.2 Å². The van der Waals surface area contributed by atoms with Gasteiger partial charge < -0.3 is 5.32 Å². The van der Waals surface area contributed by atoms with Gasteiger partial charge in [0.2, 0.25) is 5.91 Å². The fourth-order valence-electron chi connectivity index (χ4n) is 2.32. The summed E-state index contributed by atoms with van der Waals surface area (Å²) in [5.74, 6) is -0.135. The Morgan fingerprint density at radius 3 is 2.79 bits per heavy atom. The number of nitrogens with one attached hydrogen (secondary N) is 1. The summed E-state index contributed by atoms with van der Waals surface area (Å²) in [6.07, 6.45) is 2.62. The number of benzene rings is 1. The lowest BCUT2D eigenvalue weighted by Gasteiger charge is -2.07. The molecule has 0 saturated heterocycles. The van der Waals surface area contributed by atoms with Crippen LogP contribution in [0.3, 0.4) is 0 Å². The van der Waals surface area contributed by atoms with Crippen molar-refractivity contribution in [2.75, 3.05) is 5.32 Å². The third-order valence-electron chi connectivity index (χ3n) is 3.63. The summed E-state index contributed by atoms with van der Waals surface area (Å²) in [7, 11) is 0. The number of thiophene rings is 1. The van der Waals surface area contributed by atoms with E-state index in [2.05, 4.69) is 33.2 Å². The molecular weight excluding hydrogens is 390 g/mol. The third kappa shape index (κ3) is 3.73. The molecule has 0 aliphatic carbocycles. The van der Waals surface area contributed by atoms with Crippen LogP contribution < -0.4 is 10.9 Å². The van der Waals surface area contributed by atoms with Crippen LogP contribution in [0.15, 0.2) is 45.9 Å². The number of hydrogen-bond donors (Lipinski definition) is 1.